The van der Waals surface area contributed by atoms with Crippen molar-refractivity contribution in [1.29, 1.82) is 0 Å². The molecule has 1 aromatic carbocycles. The number of benzene rings is 1. The van der Waals surface area contributed by atoms with Crippen LogP contribution in [-0.2, 0) is 14.3 Å². The standard InChI is InChI=1S/C15H20N2O4/c16-11-15(6-8-21-9-7-15)14(20)17(10-13(18)19)12-4-2-1-3-5-12/h1-5H,6-11,16H2,(H,18,19). The van der Waals surface area contributed by atoms with Gasteiger partial charge in [-0.05, 0) is 25.0 Å². The number of para-hydroxylation sites is 1. The number of aliphatic carboxylic acids is 1. The van der Waals surface area contributed by atoms with Gasteiger partial charge in [0.2, 0.25) is 5.91 Å². The summed E-state index contributed by atoms with van der Waals surface area (Å²) in [5.41, 5.74) is 5.68. The van der Waals surface area contributed by atoms with E-state index in [1.54, 1.807) is 24.3 Å². The van der Waals surface area contributed by atoms with Gasteiger partial charge >= 0.3 is 5.97 Å². The van der Waals surface area contributed by atoms with Crippen LogP contribution >= 0.6 is 0 Å². The van der Waals surface area contributed by atoms with Gasteiger partial charge in [-0.15, -0.1) is 0 Å². The van der Waals surface area contributed by atoms with Gasteiger partial charge in [0.25, 0.3) is 0 Å². The van der Waals surface area contributed by atoms with E-state index in [0.717, 1.165) is 0 Å². The molecule has 3 N–H and O–H groups in total. The summed E-state index contributed by atoms with van der Waals surface area (Å²) in [6.07, 6.45) is 1.04. The van der Waals surface area contributed by atoms with Crippen molar-refractivity contribution in [3.05, 3.63) is 30.3 Å². The second-order valence-electron chi connectivity index (χ2n) is 5.22. The van der Waals surface area contributed by atoms with Gasteiger partial charge in [-0.2, -0.15) is 0 Å². The summed E-state index contributed by atoms with van der Waals surface area (Å²) in [5, 5.41) is 9.10. The highest BCUT2D eigenvalue weighted by Crippen LogP contribution is 2.33. The van der Waals surface area contributed by atoms with Crippen LogP contribution in [0, 0.1) is 5.41 Å². The maximum atomic E-state index is 12.9. The zero-order chi connectivity index (χ0) is 15.3. The third-order valence-corrected chi connectivity index (χ3v) is 3.90. The minimum atomic E-state index is -1.05. The SMILES string of the molecule is NCC1(C(=O)N(CC(=O)O)c2ccccc2)CCOCC1. The van der Waals surface area contributed by atoms with Crippen LogP contribution in [0.3, 0.4) is 0 Å². The van der Waals surface area contributed by atoms with E-state index in [1.807, 2.05) is 6.07 Å². The van der Waals surface area contributed by atoms with Crippen molar-refractivity contribution in [2.45, 2.75) is 12.8 Å². The van der Waals surface area contributed by atoms with Crippen LogP contribution < -0.4 is 10.6 Å². The number of amides is 1. The van der Waals surface area contributed by atoms with Gasteiger partial charge in [-0.1, -0.05) is 18.2 Å². The zero-order valence-corrected chi connectivity index (χ0v) is 11.8. The van der Waals surface area contributed by atoms with E-state index in [1.165, 1.54) is 4.90 Å². The van der Waals surface area contributed by atoms with Gasteiger partial charge in [0.15, 0.2) is 0 Å². The highest BCUT2D eigenvalue weighted by atomic mass is 16.5. The van der Waals surface area contributed by atoms with Crippen molar-refractivity contribution in [2.24, 2.45) is 11.1 Å². The number of carboxylic acids is 1. The van der Waals surface area contributed by atoms with Gasteiger partial charge in [0, 0.05) is 25.4 Å². The number of hydrogen-bond acceptors (Lipinski definition) is 4. The summed E-state index contributed by atoms with van der Waals surface area (Å²) in [6, 6.07) is 8.82. The van der Waals surface area contributed by atoms with Gasteiger partial charge in [0.1, 0.15) is 6.54 Å². The van der Waals surface area contributed by atoms with Crippen molar-refractivity contribution in [1.82, 2.24) is 0 Å². The normalized spacial score (nSPS) is 17.2. The molecule has 1 amide bonds. The summed E-state index contributed by atoms with van der Waals surface area (Å²) in [5.74, 6) is -1.28. The first-order valence-corrected chi connectivity index (χ1v) is 6.96. The Labute approximate surface area is 123 Å². The van der Waals surface area contributed by atoms with Crippen molar-refractivity contribution in [2.75, 3.05) is 31.2 Å². The maximum Gasteiger partial charge on any atom is 0.323 e. The first-order chi connectivity index (χ1) is 10.1. The molecule has 21 heavy (non-hydrogen) atoms. The second kappa shape index (κ2) is 6.69. The Balaban J connectivity index is 2.31. The predicted molar refractivity (Wildman–Crippen MR) is 78.0 cm³/mol. The van der Waals surface area contributed by atoms with E-state index >= 15 is 0 Å². The Bertz CT molecular complexity index is 498. The molecule has 0 radical (unpaired) electrons. The van der Waals surface area contributed by atoms with E-state index in [9.17, 15) is 9.59 Å². The highest BCUT2D eigenvalue weighted by Gasteiger charge is 2.42. The molecule has 1 fully saturated rings. The lowest BCUT2D eigenvalue weighted by Gasteiger charge is -2.38. The lowest BCUT2D eigenvalue weighted by molar-refractivity contribution is -0.139. The Kier molecular flexibility index (Phi) is 4.93. The smallest absolute Gasteiger partial charge is 0.323 e. The average Bonchev–Trinajstić information content (AvgIpc) is 2.53. The number of carboxylic acid groups (broad SMARTS) is 1. The lowest BCUT2D eigenvalue weighted by atomic mass is 9.78. The van der Waals surface area contributed by atoms with Crippen molar-refractivity contribution < 1.29 is 19.4 Å². The predicted octanol–water partition coefficient (Wildman–Crippen LogP) is 0.860. The van der Waals surface area contributed by atoms with Crippen LogP contribution in [0.4, 0.5) is 5.69 Å². The monoisotopic (exact) mass is 292 g/mol. The molecule has 0 unspecified atom stereocenters. The molecule has 0 aromatic heterocycles. The average molecular weight is 292 g/mol. The molecule has 0 aliphatic carbocycles. The number of anilines is 1. The van der Waals surface area contributed by atoms with Crippen LogP contribution in [-0.4, -0.2) is 43.3 Å². The minimum Gasteiger partial charge on any atom is -0.480 e. The Hall–Kier alpha value is -1.92. The molecule has 1 aliphatic heterocycles. The third kappa shape index (κ3) is 3.40. The fourth-order valence-corrected chi connectivity index (χ4v) is 2.58. The molecule has 0 bridgehead atoms. The Morgan fingerprint density at radius 1 is 1.24 bits per heavy atom. The third-order valence-electron chi connectivity index (χ3n) is 3.90. The molecule has 1 heterocycles. The Morgan fingerprint density at radius 3 is 2.38 bits per heavy atom. The first kappa shape index (κ1) is 15.5. The zero-order valence-electron chi connectivity index (χ0n) is 11.8. The summed E-state index contributed by atoms with van der Waals surface area (Å²) < 4.78 is 5.30. The molecule has 0 atom stereocenters. The van der Waals surface area contributed by atoms with Crippen LogP contribution in [0.25, 0.3) is 0 Å². The molecule has 6 nitrogen and oxygen atoms in total. The summed E-state index contributed by atoms with van der Waals surface area (Å²) in [6.45, 7) is 0.765. The van der Waals surface area contributed by atoms with Gasteiger partial charge < -0.3 is 20.5 Å². The van der Waals surface area contributed by atoms with Crippen LogP contribution in [0.1, 0.15) is 12.8 Å². The number of ether oxygens (including phenoxy) is 1. The fourth-order valence-electron chi connectivity index (χ4n) is 2.58. The molecule has 2 rings (SSSR count). The molecule has 114 valence electrons. The Morgan fingerprint density at radius 2 is 1.86 bits per heavy atom. The number of nitrogens with two attached hydrogens (primary N) is 1. The highest BCUT2D eigenvalue weighted by molar-refractivity contribution is 6.01. The minimum absolute atomic E-state index is 0.193. The van der Waals surface area contributed by atoms with Crippen LogP contribution in [0.15, 0.2) is 30.3 Å². The van der Waals surface area contributed by atoms with Crippen molar-refractivity contribution in [3.8, 4) is 0 Å². The fraction of sp³-hybridized carbons (Fsp3) is 0.467. The van der Waals surface area contributed by atoms with E-state index in [4.69, 9.17) is 15.6 Å². The number of nitrogens with zero attached hydrogens (tertiary/aromatic N) is 1. The molecule has 6 heteroatoms. The molecule has 1 aliphatic rings. The van der Waals surface area contributed by atoms with Gasteiger partial charge in [0.05, 0.1) is 5.41 Å². The second-order valence-corrected chi connectivity index (χ2v) is 5.22. The van der Waals surface area contributed by atoms with E-state index in [-0.39, 0.29) is 19.0 Å². The van der Waals surface area contributed by atoms with Gasteiger partial charge in [-0.3, -0.25) is 9.59 Å². The topological polar surface area (TPSA) is 92.9 Å². The van der Waals surface area contributed by atoms with Crippen LogP contribution in [0.2, 0.25) is 0 Å². The maximum absolute atomic E-state index is 12.9. The summed E-state index contributed by atoms with van der Waals surface area (Å²) >= 11 is 0. The summed E-state index contributed by atoms with van der Waals surface area (Å²) in [7, 11) is 0. The summed E-state index contributed by atoms with van der Waals surface area (Å²) in [4.78, 5) is 25.3. The van der Waals surface area contributed by atoms with Gasteiger partial charge in [-0.25, -0.2) is 0 Å². The first-order valence-electron chi connectivity index (χ1n) is 6.96. The number of hydrogen-bond donors (Lipinski definition) is 2. The molecule has 0 saturated carbocycles. The molecular weight excluding hydrogens is 272 g/mol. The lowest BCUT2D eigenvalue weighted by Crippen LogP contribution is -2.52. The van der Waals surface area contributed by atoms with Crippen LogP contribution in [0.5, 0.6) is 0 Å². The molecule has 1 saturated heterocycles. The van der Waals surface area contributed by atoms with Crippen molar-refractivity contribution in [3.63, 3.8) is 0 Å². The van der Waals surface area contributed by atoms with Crippen molar-refractivity contribution >= 4 is 17.6 Å². The van der Waals surface area contributed by atoms with E-state index < -0.39 is 11.4 Å². The molecule has 1 aromatic rings. The van der Waals surface area contributed by atoms with E-state index in [2.05, 4.69) is 0 Å². The number of carbonyl (C=O) groups is 2. The van der Waals surface area contributed by atoms with E-state index in [0.29, 0.717) is 31.7 Å². The number of rotatable bonds is 5. The largest absolute Gasteiger partial charge is 0.480 e. The quantitative estimate of drug-likeness (QED) is 0.839. The number of carbonyl (C=O) groups excluding carboxylic acids is 1. The molecular formula is C15H20N2O4. The molecule has 0 spiro atoms.